The number of aliphatic carboxylic acids is 1. The number of nitrogens with one attached hydrogen (secondary N) is 1. The van der Waals surface area contributed by atoms with E-state index in [0.29, 0.717) is 25.2 Å². The van der Waals surface area contributed by atoms with Crippen molar-refractivity contribution in [2.75, 3.05) is 39.3 Å². The zero-order chi connectivity index (χ0) is 21.3. The van der Waals surface area contributed by atoms with Gasteiger partial charge in [0.05, 0.1) is 6.54 Å². The Hall–Kier alpha value is -2.78. The fourth-order valence-electron chi connectivity index (χ4n) is 3.28. The fourth-order valence-corrected chi connectivity index (χ4v) is 4.09. The molecule has 0 bridgehead atoms. The molecule has 9 heteroatoms. The van der Waals surface area contributed by atoms with E-state index in [2.05, 4.69) is 15.2 Å². The molecule has 1 fully saturated rings. The Kier molecular flexibility index (Phi) is 7.92. The van der Waals surface area contributed by atoms with Crippen LogP contribution >= 0.6 is 11.3 Å². The largest absolute Gasteiger partial charge is 0.481 e. The van der Waals surface area contributed by atoms with Crippen molar-refractivity contribution >= 4 is 29.1 Å². The third-order valence-corrected chi connectivity index (χ3v) is 5.89. The van der Waals surface area contributed by atoms with Crippen LogP contribution in [0.1, 0.15) is 29.8 Å². The molecule has 1 aromatic carbocycles. The molecule has 1 aromatic heterocycles. The molecule has 0 saturated carbocycles. The van der Waals surface area contributed by atoms with Crippen LogP contribution in [-0.2, 0) is 9.59 Å². The molecule has 30 heavy (non-hydrogen) atoms. The number of amides is 2. The van der Waals surface area contributed by atoms with Gasteiger partial charge < -0.3 is 15.3 Å². The first-order valence-electron chi connectivity index (χ1n) is 10.0. The number of aromatic nitrogens is 1. The van der Waals surface area contributed by atoms with Crippen molar-refractivity contribution in [3.63, 3.8) is 0 Å². The maximum Gasteiger partial charge on any atom is 0.303 e. The summed E-state index contributed by atoms with van der Waals surface area (Å²) in [6, 6.07) is 9.65. The lowest BCUT2D eigenvalue weighted by Crippen LogP contribution is -2.51. The molecular formula is C21H26N4O4S. The summed E-state index contributed by atoms with van der Waals surface area (Å²) in [5, 5.41) is 13.8. The second-order valence-electron chi connectivity index (χ2n) is 7.16. The molecule has 0 radical (unpaired) electrons. The van der Waals surface area contributed by atoms with Crippen LogP contribution in [0.3, 0.4) is 0 Å². The Morgan fingerprint density at radius 2 is 1.80 bits per heavy atom. The highest BCUT2D eigenvalue weighted by Crippen LogP contribution is 2.23. The third-order valence-electron chi connectivity index (χ3n) is 5.00. The number of carboxylic acids is 1. The summed E-state index contributed by atoms with van der Waals surface area (Å²) in [4.78, 5) is 43.7. The quantitative estimate of drug-likeness (QED) is 0.590. The highest BCUT2D eigenvalue weighted by molar-refractivity contribution is 7.13. The minimum Gasteiger partial charge on any atom is -0.481 e. The van der Waals surface area contributed by atoms with E-state index in [0.717, 1.165) is 36.6 Å². The van der Waals surface area contributed by atoms with E-state index in [-0.39, 0.29) is 24.8 Å². The van der Waals surface area contributed by atoms with Crippen LogP contribution in [0.25, 0.3) is 10.6 Å². The SMILES string of the molecule is O=C(O)CCCCN1CCN(C(=O)CNC(=O)c2csc(-c3ccccc3)n2)CC1. The maximum absolute atomic E-state index is 12.4. The number of thiazole rings is 1. The lowest BCUT2D eigenvalue weighted by Gasteiger charge is -2.34. The number of carbonyl (C=O) groups excluding carboxylic acids is 2. The summed E-state index contributed by atoms with van der Waals surface area (Å²) >= 11 is 1.40. The van der Waals surface area contributed by atoms with Crippen LogP contribution in [-0.4, -0.2) is 76.9 Å². The molecule has 1 aliphatic heterocycles. The first kappa shape index (κ1) is 21.9. The number of carbonyl (C=O) groups is 3. The molecule has 2 heterocycles. The molecule has 8 nitrogen and oxygen atoms in total. The normalized spacial score (nSPS) is 14.5. The minimum absolute atomic E-state index is 0.0460. The number of rotatable bonds is 9. The van der Waals surface area contributed by atoms with Gasteiger partial charge in [0.25, 0.3) is 5.91 Å². The number of nitrogens with zero attached hydrogens (tertiary/aromatic N) is 3. The van der Waals surface area contributed by atoms with Gasteiger partial charge in [-0.3, -0.25) is 19.3 Å². The van der Waals surface area contributed by atoms with Crippen molar-refractivity contribution in [3.05, 3.63) is 41.4 Å². The third kappa shape index (κ3) is 6.36. The maximum atomic E-state index is 12.4. The molecule has 0 atom stereocenters. The first-order chi connectivity index (χ1) is 14.5. The summed E-state index contributed by atoms with van der Waals surface area (Å²) < 4.78 is 0. The topological polar surface area (TPSA) is 103 Å². The molecule has 1 saturated heterocycles. The van der Waals surface area contributed by atoms with Crippen LogP contribution in [0.4, 0.5) is 0 Å². The molecule has 2 aromatic rings. The van der Waals surface area contributed by atoms with Gasteiger partial charge in [0.2, 0.25) is 5.91 Å². The molecule has 0 unspecified atom stereocenters. The van der Waals surface area contributed by atoms with Crippen molar-refractivity contribution in [1.29, 1.82) is 0 Å². The van der Waals surface area contributed by atoms with E-state index in [9.17, 15) is 14.4 Å². The predicted molar refractivity (Wildman–Crippen MR) is 114 cm³/mol. The molecule has 3 rings (SSSR count). The second-order valence-corrected chi connectivity index (χ2v) is 8.02. The van der Waals surface area contributed by atoms with Crippen LogP contribution in [0.2, 0.25) is 0 Å². The van der Waals surface area contributed by atoms with Gasteiger partial charge in [-0.2, -0.15) is 0 Å². The number of hydrogen-bond donors (Lipinski definition) is 2. The van der Waals surface area contributed by atoms with Crippen molar-refractivity contribution in [2.24, 2.45) is 0 Å². The number of unbranched alkanes of at least 4 members (excludes halogenated alkanes) is 1. The van der Waals surface area contributed by atoms with Gasteiger partial charge in [-0.05, 0) is 19.4 Å². The molecular weight excluding hydrogens is 404 g/mol. The molecule has 0 aliphatic carbocycles. The number of benzene rings is 1. The lowest BCUT2D eigenvalue weighted by molar-refractivity contribution is -0.137. The summed E-state index contributed by atoms with van der Waals surface area (Å²) in [6.07, 6.45) is 1.71. The van der Waals surface area contributed by atoms with Gasteiger partial charge in [-0.1, -0.05) is 30.3 Å². The van der Waals surface area contributed by atoms with E-state index >= 15 is 0 Å². The predicted octanol–water partition coefficient (Wildman–Crippen LogP) is 1.94. The molecule has 1 aliphatic rings. The van der Waals surface area contributed by atoms with E-state index < -0.39 is 5.97 Å². The lowest BCUT2D eigenvalue weighted by atomic mass is 10.2. The average Bonchev–Trinajstić information content (AvgIpc) is 3.26. The zero-order valence-corrected chi connectivity index (χ0v) is 17.6. The van der Waals surface area contributed by atoms with Gasteiger partial charge in [0.15, 0.2) is 0 Å². The zero-order valence-electron chi connectivity index (χ0n) is 16.7. The highest BCUT2D eigenvalue weighted by atomic mass is 32.1. The van der Waals surface area contributed by atoms with Crippen LogP contribution in [0.15, 0.2) is 35.7 Å². The first-order valence-corrected chi connectivity index (χ1v) is 10.9. The van der Waals surface area contributed by atoms with E-state index in [4.69, 9.17) is 5.11 Å². The van der Waals surface area contributed by atoms with Gasteiger partial charge in [0.1, 0.15) is 10.7 Å². The molecule has 0 spiro atoms. The standard InChI is InChI=1S/C21H26N4O4S/c26-18(25-12-10-24(11-13-25)9-5-4-8-19(27)28)14-22-20(29)17-15-30-21(23-17)16-6-2-1-3-7-16/h1-3,6-7,15H,4-5,8-14H2,(H,22,29)(H,27,28). The Morgan fingerprint density at radius 1 is 1.07 bits per heavy atom. The summed E-state index contributed by atoms with van der Waals surface area (Å²) in [5.41, 5.74) is 1.27. The van der Waals surface area contributed by atoms with Gasteiger partial charge in [-0.15, -0.1) is 11.3 Å². The van der Waals surface area contributed by atoms with Crippen molar-refractivity contribution in [3.8, 4) is 10.6 Å². The van der Waals surface area contributed by atoms with Gasteiger partial charge >= 0.3 is 5.97 Å². The number of carboxylic acid groups (broad SMARTS) is 1. The van der Waals surface area contributed by atoms with E-state index in [1.807, 2.05) is 30.3 Å². The highest BCUT2D eigenvalue weighted by Gasteiger charge is 2.21. The Morgan fingerprint density at radius 3 is 2.50 bits per heavy atom. The van der Waals surface area contributed by atoms with Crippen molar-refractivity contribution in [2.45, 2.75) is 19.3 Å². The van der Waals surface area contributed by atoms with Crippen LogP contribution in [0.5, 0.6) is 0 Å². The minimum atomic E-state index is -0.763. The number of hydrogen-bond acceptors (Lipinski definition) is 6. The van der Waals surface area contributed by atoms with Gasteiger partial charge in [0, 0.05) is 43.5 Å². The molecule has 2 N–H and O–H groups in total. The van der Waals surface area contributed by atoms with Crippen LogP contribution < -0.4 is 5.32 Å². The average molecular weight is 431 g/mol. The van der Waals surface area contributed by atoms with Gasteiger partial charge in [-0.25, -0.2) is 4.98 Å². The van der Waals surface area contributed by atoms with Crippen LogP contribution in [0, 0.1) is 0 Å². The monoisotopic (exact) mass is 430 g/mol. The van der Waals surface area contributed by atoms with Crippen molar-refractivity contribution in [1.82, 2.24) is 20.1 Å². The summed E-state index contributed by atoms with van der Waals surface area (Å²) in [5.74, 6) is -1.22. The number of piperazine rings is 1. The van der Waals surface area contributed by atoms with E-state index in [1.54, 1.807) is 10.3 Å². The summed E-state index contributed by atoms with van der Waals surface area (Å²) in [7, 11) is 0. The molecule has 2 amide bonds. The Balaban J connectivity index is 1.38. The smallest absolute Gasteiger partial charge is 0.303 e. The Labute approximate surface area is 179 Å². The van der Waals surface area contributed by atoms with E-state index in [1.165, 1.54) is 11.3 Å². The fraction of sp³-hybridized carbons (Fsp3) is 0.429. The summed E-state index contributed by atoms with van der Waals surface area (Å²) in [6.45, 7) is 3.55. The van der Waals surface area contributed by atoms with Crippen molar-refractivity contribution < 1.29 is 19.5 Å². The Bertz CT molecular complexity index is 863. The second kappa shape index (κ2) is 10.8. The molecule has 160 valence electrons.